The highest BCUT2D eigenvalue weighted by Crippen LogP contribution is 2.40. The molecule has 10 nitrogen and oxygen atoms in total. The number of anilines is 1. The molecule has 238 valence electrons. The van der Waals surface area contributed by atoms with Gasteiger partial charge in [-0.3, -0.25) is 4.79 Å². The van der Waals surface area contributed by atoms with Crippen molar-refractivity contribution < 1.29 is 14.3 Å². The Morgan fingerprint density at radius 1 is 1.17 bits per heavy atom. The van der Waals surface area contributed by atoms with E-state index in [1.807, 2.05) is 57.2 Å². The molecule has 46 heavy (non-hydrogen) atoms. The van der Waals surface area contributed by atoms with Gasteiger partial charge >= 0.3 is 5.69 Å². The second-order valence-corrected chi connectivity index (χ2v) is 12.6. The minimum atomic E-state index is -0.712. The molecule has 1 saturated heterocycles. The fourth-order valence-corrected chi connectivity index (χ4v) is 6.72. The number of carbonyl (C=O) groups excluding carboxylic acids is 1. The van der Waals surface area contributed by atoms with Gasteiger partial charge in [0.2, 0.25) is 5.91 Å². The molecule has 3 aromatic heterocycles. The van der Waals surface area contributed by atoms with Gasteiger partial charge in [-0.05, 0) is 62.6 Å². The maximum atomic E-state index is 15.2. The van der Waals surface area contributed by atoms with Crippen LogP contribution in [0.3, 0.4) is 0 Å². The molecule has 0 aliphatic carbocycles. The van der Waals surface area contributed by atoms with Crippen LogP contribution < -0.4 is 10.6 Å². The molecule has 1 N–H and O–H groups in total. The highest BCUT2D eigenvalue weighted by Gasteiger charge is 2.34. The number of hydrogen-bond donors (Lipinski definition) is 1. The number of aryl methyl sites for hydroxylation is 2. The Morgan fingerprint density at radius 3 is 2.59 bits per heavy atom. The molecule has 6 rings (SSSR count). The molecule has 0 radical (unpaired) electrons. The molecule has 5 aromatic rings. The first-order valence-electron chi connectivity index (χ1n) is 15.1. The molecule has 0 saturated carbocycles. The molecule has 0 spiro atoms. The van der Waals surface area contributed by atoms with Crippen LogP contribution in [0, 0.1) is 12.7 Å². The Bertz CT molecular complexity index is 2100. The van der Waals surface area contributed by atoms with Crippen LogP contribution in [-0.4, -0.2) is 65.2 Å². The largest absolute Gasteiger partial charge is 0.507 e. The summed E-state index contributed by atoms with van der Waals surface area (Å²) in [5, 5.41) is 11.2. The number of pyridine rings is 1. The van der Waals surface area contributed by atoms with Crippen molar-refractivity contribution in [3.05, 3.63) is 81.8 Å². The second-order valence-electron chi connectivity index (χ2n) is 12.2. The van der Waals surface area contributed by atoms with Gasteiger partial charge in [-0.2, -0.15) is 4.98 Å². The zero-order valence-corrected chi connectivity index (χ0v) is 27.3. The van der Waals surface area contributed by atoms with Gasteiger partial charge in [-0.1, -0.05) is 38.1 Å². The second kappa shape index (κ2) is 11.5. The van der Waals surface area contributed by atoms with Gasteiger partial charge in [0.1, 0.15) is 17.4 Å². The third kappa shape index (κ3) is 4.89. The number of aromatic nitrogens is 5. The highest BCUT2D eigenvalue weighted by molar-refractivity contribution is 6.34. The fraction of sp³-hybridized carbons (Fsp3) is 0.324. The SMILES string of the molecule is C=CC(=O)N1C[C@H](C)N(c2nc(=O)n(-c3c(C(C)C)cc4c(ncn4C)c3C)c3nc(-c4c(O)cccc4F)c(Cl)cc23)C[C@H]1C. The molecule has 0 unspecified atom stereocenters. The van der Waals surface area contributed by atoms with Gasteiger partial charge in [-0.25, -0.2) is 23.7 Å². The lowest BCUT2D eigenvalue weighted by Gasteiger charge is -2.44. The number of imidazole rings is 1. The zero-order chi connectivity index (χ0) is 33.2. The van der Waals surface area contributed by atoms with E-state index in [0.29, 0.717) is 30.0 Å². The Morgan fingerprint density at radius 2 is 1.91 bits per heavy atom. The lowest BCUT2D eigenvalue weighted by Crippen LogP contribution is -2.58. The zero-order valence-electron chi connectivity index (χ0n) is 26.5. The first kappa shape index (κ1) is 31.2. The van der Waals surface area contributed by atoms with Crippen LogP contribution >= 0.6 is 11.6 Å². The van der Waals surface area contributed by atoms with E-state index >= 15 is 4.39 Å². The van der Waals surface area contributed by atoms with Gasteiger partial charge in [-0.15, -0.1) is 0 Å². The van der Waals surface area contributed by atoms with Crippen LogP contribution in [0.4, 0.5) is 10.2 Å². The average molecular weight is 644 g/mol. The Balaban J connectivity index is 1.70. The fourth-order valence-electron chi connectivity index (χ4n) is 6.47. The number of phenols is 1. The summed E-state index contributed by atoms with van der Waals surface area (Å²) in [6, 6.07) is 7.16. The van der Waals surface area contributed by atoms with Gasteiger partial charge in [0.25, 0.3) is 0 Å². The molecule has 4 heterocycles. The quantitative estimate of drug-likeness (QED) is 0.238. The number of rotatable bonds is 5. The number of nitrogens with zero attached hydrogens (tertiary/aromatic N) is 7. The van der Waals surface area contributed by atoms with E-state index in [9.17, 15) is 14.7 Å². The molecule has 12 heteroatoms. The summed E-state index contributed by atoms with van der Waals surface area (Å²) in [5.41, 5.74) is 3.26. The molecular formula is C34H35ClFN7O3. The number of aromatic hydroxyl groups is 1. The van der Waals surface area contributed by atoms with Crippen LogP contribution in [0.25, 0.3) is 39.0 Å². The topological polar surface area (TPSA) is 109 Å². The van der Waals surface area contributed by atoms with E-state index in [1.165, 1.54) is 28.8 Å². The van der Waals surface area contributed by atoms with Gasteiger partial charge in [0.05, 0.1) is 44.7 Å². The summed E-state index contributed by atoms with van der Waals surface area (Å²) < 4.78 is 18.6. The van der Waals surface area contributed by atoms with Gasteiger partial charge < -0.3 is 19.5 Å². The number of carbonyl (C=O) groups is 1. The number of hydrogen-bond acceptors (Lipinski definition) is 7. The van der Waals surface area contributed by atoms with E-state index in [4.69, 9.17) is 16.6 Å². The minimum absolute atomic E-state index is 0.00615. The molecule has 2 aromatic carbocycles. The summed E-state index contributed by atoms with van der Waals surface area (Å²) in [6.07, 6.45) is 3.02. The molecule has 1 amide bonds. The van der Waals surface area contributed by atoms with Crippen molar-refractivity contribution in [2.75, 3.05) is 18.0 Å². The average Bonchev–Trinajstić information content (AvgIpc) is 3.38. The standard InChI is InChI=1S/C34H35ClFN7O3/c1-8-27(45)41-14-19(5)42(15-18(41)4)32-22-12-23(35)30(28-24(36)10-9-11-26(28)44)38-33(22)43(34(46)39-32)31-20(6)29-25(40(7)16-37-29)13-21(31)17(2)3/h8-13,16-19,44H,1,14-15H2,2-7H3/t18-,19+/m1/s1. The van der Waals surface area contributed by atoms with Gasteiger partial charge in [0.15, 0.2) is 5.65 Å². The smallest absolute Gasteiger partial charge is 0.355 e. The number of halogens is 2. The number of piperazine rings is 1. The Kier molecular flexibility index (Phi) is 7.84. The van der Waals surface area contributed by atoms with Crippen molar-refractivity contribution in [2.24, 2.45) is 7.05 Å². The number of amides is 1. The summed E-state index contributed by atoms with van der Waals surface area (Å²) in [5.74, 6) is -0.878. The first-order chi connectivity index (χ1) is 21.8. The van der Waals surface area contributed by atoms with Crippen molar-refractivity contribution in [3.8, 4) is 22.7 Å². The van der Waals surface area contributed by atoms with Crippen molar-refractivity contribution in [2.45, 2.75) is 52.6 Å². The lowest BCUT2D eigenvalue weighted by atomic mass is 9.96. The highest BCUT2D eigenvalue weighted by atomic mass is 35.5. The van der Waals surface area contributed by atoms with Crippen molar-refractivity contribution in [1.29, 1.82) is 0 Å². The third-order valence-corrected chi connectivity index (χ3v) is 9.14. The summed E-state index contributed by atoms with van der Waals surface area (Å²) in [4.78, 5) is 44.7. The monoisotopic (exact) mass is 643 g/mol. The maximum absolute atomic E-state index is 15.2. The van der Waals surface area contributed by atoms with Crippen molar-refractivity contribution in [1.82, 2.24) is 29.0 Å². The van der Waals surface area contributed by atoms with E-state index < -0.39 is 11.5 Å². The summed E-state index contributed by atoms with van der Waals surface area (Å²) >= 11 is 6.82. The Labute approximate surface area is 270 Å². The number of fused-ring (bicyclic) bond motifs is 2. The van der Waals surface area contributed by atoms with E-state index in [2.05, 4.69) is 16.5 Å². The van der Waals surface area contributed by atoms with Crippen LogP contribution in [0.15, 0.2) is 54.1 Å². The van der Waals surface area contributed by atoms with Crippen molar-refractivity contribution >= 4 is 45.4 Å². The number of benzene rings is 2. The summed E-state index contributed by atoms with van der Waals surface area (Å²) in [7, 11) is 1.91. The summed E-state index contributed by atoms with van der Waals surface area (Å²) in [6.45, 7) is 14.3. The van der Waals surface area contributed by atoms with Crippen LogP contribution in [-0.2, 0) is 11.8 Å². The molecule has 1 aliphatic heterocycles. The predicted molar refractivity (Wildman–Crippen MR) is 178 cm³/mol. The van der Waals surface area contributed by atoms with Crippen molar-refractivity contribution in [3.63, 3.8) is 0 Å². The van der Waals surface area contributed by atoms with Crippen LogP contribution in [0.1, 0.15) is 44.7 Å². The Hall–Kier alpha value is -4.77. The molecular weight excluding hydrogens is 609 g/mol. The molecule has 2 atom stereocenters. The molecule has 1 aliphatic rings. The maximum Gasteiger partial charge on any atom is 0.355 e. The normalized spacial score (nSPS) is 17.0. The minimum Gasteiger partial charge on any atom is -0.507 e. The van der Waals surface area contributed by atoms with E-state index in [1.54, 1.807) is 17.3 Å². The third-order valence-electron chi connectivity index (χ3n) is 8.85. The van der Waals surface area contributed by atoms with Crippen LogP contribution in [0.2, 0.25) is 5.02 Å². The van der Waals surface area contributed by atoms with Gasteiger partial charge in [0, 0.05) is 37.8 Å². The van der Waals surface area contributed by atoms with E-state index in [0.717, 1.165) is 22.2 Å². The predicted octanol–water partition coefficient (Wildman–Crippen LogP) is 5.88. The molecule has 0 bridgehead atoms. The lowest BCUT2D eigenvalue weighted by molar-refractivity contribution is -0.128. The first-order valence-corrected chi connectivity index (χ1v) is 15.5. The van der Waals surface area contributed by atoms with Crippen LogP contribution in [0.5, 0.6) is 5.75 Å². The van der Waals surface area contributed by atoms with E-state index in [-0.39, 0.29) is 51.6 Å². The molecule has 1 fully saturated rings. The number of phenolic OH excluding ortho intramolecular Hbond substituents is 1.